The summed E-state index contributed by atoms with van der Waals surface area (Å²) < 4.78 is 5.03. The van der Waals surface area contributed by atoms with Crippen molar-refractivity contribution in [2.75, 3.05) is 12.4 Å². The minimum Gasteiger partial charge on any atom is -0.497 e. The van der Waals surface area contributed by atoms with Gasteiger partial charge in [0.1, 0.15) is 5.75 Å². The van der Waals surface area contributed by atoms with Gasteiger partial charge >= 0.3 is 0 Å². The molecule has 0 saturated carbocycles. The zero-order chi connectivity index (χ0) is 13.7. The smallest absolute Gasteiger partial charge is 0.257 e. The Morgan fingerprint density at radius 2 is 1.74 bits per heavy atom. The van der Waals surface area contributed by atoms with Crippen LogP contribution in [-0.4, -0.2) is 18.1 Å². The van der Waals surface area contributed by atoms with Crippen molar-refractivity contribution in [3.63, 3.8) is 0 Å². The van der Waals surface area contributed by atoms with Crippen LogP contribution in [0, 0.1) is 0 Å². The summed E-state index contributed by atoms with van der Waals surface area (Å²) in [5.41, 5.74) is 1.18. The second kappa shape index (κ2) is 6.02. The number of aliphatic hydroxyl groups is 1. The lowest BCUT2D eigenvalue weighted by Gasteiger charge is -2.11. The zero-order valence-corrected chi connectivity index (χ0v) is 10.5. The van der Waals surface area contributed by atoms with Crippen molar-refractivity contribution < 1.29 is 14.6 Å². The van der Waals surface area contributed by atoms with Gasteiger partial charge in [0.25, 0.3) is 5.91 Å². The van der Waals surface area contributed by atoms with E-state index in [1.165, 1.54) is 0 Å². The number of benzene rings is 2. The van der Waals surface area contributed by atoms with E-state index in [1.54, 1.807) is 55.6 Å². The Kier molecular flexibility index (Phi) is 4.15. The molecule has 98 valence electrons. The van der Waals surface area contributed by atoms with Gasteiger partial charge in [-0.05, 0) is 29.8 Å². The molecule has 2 aromatic carbocycles. The van der Waals surface area contributed by atoms with Gasteiger partial charge in [0.05, 0.1) is 7.11 Å². The lowest BCUT2D eigenvalue weighted by Crippen LogP contribution is -2.20. The van der Waals surface area contributed by atoms with E-state index < -0.39 is 12.0 Å². The first kappa shape index (κ1) is 13.1. The highest BCUT2D eigenvalue weighted by Crippen LogP contribution is 2.18. The molecule has 0 aliphatic heterocycles. The van der Waals surface area contributed by atoms with Crippen LogP contribution >= 0.6 is 0 Å². The molecule has 2 rings (SSSR count). The highest BCUT2D eigenvalue weighted by atomic mass is 16.5. The number of ether oxygens (including phenoxy) is 1. The minimum atomic E-state index is -1.18. The van der Waals surface area contributed by atoms with Crippen molar-refractivity contribution >= 4 is 11.6 Å². The first-order valence-corrected chi connectivity index (χ1v) is 5.88. The SMILES string of the molecule is COc1ccc(NC(=O)[C@@H](O)c2ccccc2)cc1. The molecule has 1 amide bonds. The van der Waals surface area contributed by atoms with Crippen molar-refractivity contribution in [3.05, 3.63) is 60.2 Å². The molecule has 2 aromatic rings. The van der Waals surface area contributed by atoms with E-state index >= 15 is 0 Å². The predicted molar refractivity (Wildman–Crippen MR) is 73.0 cm³/mol. The highest BCUT2D eigenvalue weighted by molar-refractivity contribution is 5.94. The first-order valence-electron chi connectivity index (χ1n) is 5.88. The second-order valence-corrected chi connectivity index (χ2v) is 4.03. The van der Waals surface area contributed by atoms with E-state index in [1.807, 2.05) is 6.07 Å². The third-order valence-electron chi connectivity index (χ3n) is 2.72. The maximum Gasteiger partial charge on any atom is 0.257 e. The second-order valence-electron chi connectivity index (χ2n) is 4.03. The molecule has 0 aromatic heterocycles. The van der Waals surface area contributed by atoms with Gasteiger partial charge < -0.3 is 15.2 Å². The summed E-state index contributed by atoms with van der Waals surface area (Å²) in [6.07, 6.45) is -1.18. The largest absolute Gasteiger partial charge is 0.497 e. The Morgan fingerprint density at radius 1 is 1.11 bits per heavy atom. The molecule has 0 aliphatic rings. The van der Waals surface area contributed by atoms with Crippen molar-refractivity contribution in [2.45, 2.75) is 6.10 Å². The highest BCUT2D eigenvalue weighted by Gasteiger charge is 2.16. The summed E-state index contributed by atoms with van der Waals surface area (Å²) in [7, 11) is 1.58. The number of nitrogens with one attached hydrogen (secondary N) is 1. The molecule has 19 heavy (non-hydrogen) atoms. The molecule has 0 fully saturated rings. The number of methoxy groups -OCH3 is 1. The standard InChI is InChI=1S/C15H15NO3/c1-19-13-9-7-12(8-10-13)16-15(18)14(17)11-5-3-2-4-6-11/h2-10,14,17H,1H3,(H,16,18)/t14-/m0/s1. The quantitative estimate of drug-likeness (QED) is 0.884. The van der Waals surface area contributed by atoms with Gasteiger partial charge in [-0.1, -0.05) is 30.3 Å². The van der Waals surface area contributed by atoms with Gasteiger partial charge in [-0.2, -0.15) is 0 Å². The fourth-order valence-corrected chi connectivity index (χ4v) is 1.67. The fourth-order valence-electron chi connectivity index (χ4n) is 1.67. The third-order valence-corrected chi connectivity index (χ3v) is 2.72. The molecule has 0 bridgehead atoms. The average Bonchev–Trinajstić information content (AvgIpc) is 2.48. The number of carbonyl (C=O) groups excluding carboxylic acids is 1. The summed E-state index contributed by atoms with van der Waals surface area (Å²) in [5.74, 6) is 0.248. The summed E-state index contributed by atoms with van der Waals surface area (Å²) in [5, 5.41) is 12.6. The molecule has 0 saturated heterocycles. The van der Waals surface area contributed by atoms with Crippen LogP contribution in [0.1, 0.15) is 11.7 Å². The van der Waals surface area contributed by atoms with Gasteiger partial charge in [-0.3, -0.25) is 4.79 Å². The van der Waals surface area contributed by atoms with Crippen LogP contribution in [0.25, 0.3) is 0 Å². The van der Waals surface area contributed by atoms with Crippen LogP contribution in [0.4, 0.5) is 5.69 Å². The third kappa shape index (κ3) is 3.33. The van der Waals surface area contributed by atoms with Crippen LogP contribution < -0.4 is 10.1 Å². The number of hydrogen-bond donors (Lipinski definition) is 2. The summed E-state index contributed by atoms with van der Waals surface area (Å²) in [6.45, 7) is 0. The Morgan fingerprint density at radius 3 is 2.32 bits per heavy atom. The van der Waals surface area contributed by atoms with Crippen molar-refractivity contribution in [1.29, 1.82) is 0 Å². The number of hydrogen-bond acceptors (Lipinski definition) is 3. The van der Waals surface area contributed by atoms with Crippen LogP contribution in [0.3, 0.4) is 0 Å². The summed E-state index contributed by atoms with van der Waals surface area (Å²) in [6, 6.07) is 15.7. The zero-order valence-electron chi connectivity index (χ0n) is 10.5. The Hall–Kier alpha value is -2.33. The predicted octanol–water partition coefficient (Wildman–Crippen LogP) is 2.37. The Labute approximate surface area is 111 Å². The number of amides is 1. The molecule has 0 aliphatic carbocycles. The number of carbonyl (C=O) groups is 1. The molecular formula is C15H15NO3. The van der Waals surface area contributed by atoms with Crippen molar-refractivity contribution in [3.8, 4) is 5.75 Å². The van der Waals surface area contributed by atoms with Gasteiger partial charge in [-0.25, -0.2) is 0 Å². The van der Waals surface area contributed by atoms with Gasteiger partial charge in [0.2, 0.25) is 0 Å². The van der Waals surface area contributed by atoms with Gasteiger partial charge in [0, 0.05) is 5.69 Å². The monoisotopic (exact) mass is 257 g/mol. The van der Waals surface area contributed by atoms with E-state index in [0.29, 0.717) is 17.0 Å². The topological polar surface area (TPSA) is 58.6 Å². The van der Waals surface area contributed by atoms with Gasteiger partial charge in [0.15, 0.2) is 6.10 Å². The Bertz CT molecular complexity index is 537. The summed E-state index contributed by atoms with van der Waals surface area (Å²) >= 11 is 0. The van der Waals surface area contributed by atoms with E-state index in [2.05, 4.69) is 5.32 Å². The number of anilines is 1. The Balaban J connectivity index is 2.04. The van der Waals surface area contributed by atoms with Crippen molar-refractivity contribution in [2.24, 2.45) is 0 Å². The van der Waals surface area contributed by atoms with E-state index in [4.69, 9.17) is 4.74 Å². The molecular weight excluding hydrogens is 242 g/mol. The average molecular weight is 257 g/mol. The van der Waals surface area contributed by atoms with Crippen molar-refractivity contribution in [1.82, 2.24) is 0 Å². The van der Waals surface area contributed by atoms with Crippen LogP contribution in [0.5, 0.6) is 5.75 Å². The summed E-state index contributed by atoms with van der Waals surface area (Å²) in [4.78, 5) is 11.9. The molecule has 4 nitrogen and oxygen atoms in total. The fraction of sp³-hybridized carbons (Fsp3) is 0.133. The molecule has 0 unspecified atom stereocenters. The molecule has 4 heteroatoms. The lowest BCUT2D eigenvalue weighted by molar-refractivity contribution is -0.124. The number of aliphatic hydroxyl groups excluding tert-OH is 1. The van der Waals surface area contributed by atoms with E-state index in [0.717, 1.165) is 0 Å². The molecule has 0 spiro atoms. The van der Waals surface area contributed by atoms with Crippen LogP contribution in [0.15, 0.2) is 54.6 Å². The molecule has 0 heterocycles. The first-order chi connectivity index (χ1) is 9.20. The maximum absolute atomic E-state index is 11.9. The lowest BCUT2D eigenvalue weighted by atomic mass is 10.1. The van der Waals surface area contributed by atoms with Gasteiger partial charge in [-0.15, -0.1) is 0 Å². The molecule has 2 N–H and O–H groups in total. The van der Waals surface area contributed by atoms with Crippen LogP contribution in [-0.2, 0) is 4.79 Å². The van der Waals surface area contributed by atoms with Crippen LogP contribution in [0.2, 0.25) is 0 Å². The van der Waals surface area contributed by atoms with E-state index in [-0.39, 0.29) is 0 Å². The normalized spacial score (nSPS) is 11.7. The van der Waals surface area contributed by atoms with E-state index in [9.17, 15) is 9.90 Å². The maximum atomic E-state index is 11.9. The molecule has 1 atom stereocenters. The molecule has 0 radical (unpaired) electrons. The minimum absolute atomic E-state index is 0.462. The number of rotatable bonds is 4.